The molecule has 0 saturated heterocycles. The Morgan fingerprint density at radius 2 is 1.95 bits per heavy atom. The van der Waals surface area contributed by atoms with Crippen molar-refractivity contribution in [2.75, 3.05) is 11.9 Å². The molecular formula is C15H15ClN2O2. The number of halogens is 1. The van der Waals surface area contributed by atoms with Crippen molar-refractivity contribution in [3.8, 4) is 5.75 Å². The van der Waals surface area contributed by atoms with E-state index in [-0.39, 0.29) is 0 Å². The van der Waals surface area contributed by atoms with Gasteiger partial charge in [0.25, 0.3) is 0 Å². The van der Waals surface area contributed by atoms with E-state index < -0.39 is 6.09 Å². The van der Waals surface area contributed by atoms with Crippen molar-refractivity contribution in [3.63, 3.8) is 0 Å². The van der Waals surface area contributed by atoms with Gasteiger partial charge in [-0.1, -0.05) is 29.8 Å². The van der Waals surface area contributed by atoms with Crippen LogP contribution in [0.3, 0.4) is 0 Å². The van der Waals surface area contributed by atoms with Crippen LogP contribution in [0.2, 0.25) is 5.02 Å². The lowest BCUT2D eigenvalue weighted by molar-refractivity contribution is 0.215. The summed E-state index contributed by atoms with van der Waals surface area (Å²) in [6.45, 7) is 0.593. The molecule has 2 aromatic carbocycles. The molecule has 0 bridgehead atoms. The van der Waals surface area contributed by atoms with Crippen LogP contribution in [0.25, 0.3) is 0 Å². The molecule has 3 N–H and O–H groups in total. The third-order valence-corrected chi connectivity index (χ3v) is 2.87. The van der Waals surface area contributed by atoms with Crippen molar-refractivity contribution in [1.82, 2.24) is 0 Å². The number of nitrogens with one attached hydrogen (secondary N) is 1. The molecule has 20 heavy (non-hydrogen) atoms. The number of anilines is 1. The van der Waals surface area contributed by atoms with Crippen LogP contribution in [0.5, 0.6) is 5.75 Å². The number of benzene rings is 2. The lowest BCUT2D eigenvalue weighted by Crippen LogP contribution is -2.16. The standard InChI is InChI=1S/C15H15ClN2O2/c16-12-2-1-3-13(10-12)18-15(19)20-14-6-4-11(5-7-14)8-9-17/h1-7,10H,8-9,17H2,(H,18,19). The van der Waals surface area contributed by atoms with Gasteiger partial charge in [0.1, 0.15) is 5.75 Å². The largest absolute Gasteiger partial charge is 0.417 e. The molecule has 0 aliphatic carbocycles. The van der Waals surface area contributed by atoms with E-state index in [1.165, 1.54) is 0 Å². The van der Waals surface area contributed by atoms with E-state index in [2.05, 4.69) is 5.32 Å². The van der Waals surface area contributed by atoms with Gasteiger partial charge in [-0.25, -0.2) is 4.79 Å². The number of ether oxygens (including phenoxy) is 1. The molecule has 0 heterocycles. The fraction of sp³-hybridized carbons (Fsp3) is 0.133. The summed E-state index contributed by atoms with van der Waals surface area (Å²) in [4.78, 5) is 11.7. The molecule has 104 valence electrons. The van der Waals surface area contributed by atoms with Crippen LogP contribution in [0.4, 0.5) is 10.5 Å². The van der Waals surface area contributed by atoms with E-state index >= 15 is 0 Å². The summed E-state index contributed by atoms with van der Waals surface area (Å²) in [6.07, 6.45) is 0.244. The topological polar surface area (TPSA) is 64.3 Å². The van der Waals surface area contributed by atoms with Gasteiger partial charge < -0.3 is 10.5 Å². The molecule has 0 aliphatic rings. The molecule has 0 atom stereocenters. The molecule has 2 aromatic rings. The van der Waals surface area contributed by atoms with Crippen LogP contribution >= 0.6 is 11.6 Å². The van der Waals surface area contributed by atoms with Crippen molar-refractivity contribution in [2.45, 2.75) is 6.42 Å². The minimum atomic E-state index is -0.557. The van der Waals surface area contributed by atoms with Crippen LogP contribution in [0.1, 0.15) is 5.56 Å². The maximum Gasteiger partial charge on any atom is 0.417 e. The van der Waals surface area contributed by atoms with Crippen LogP contribution in [-0.4, -0.2) is 12.6 Å². The molecule has 4 nitrogen and oxygen atoms in total. The van der Waals surface area contributed by atoms with Crippen LogP contribution in [-0.2, 0) is 6.42 Å². The molecule has 1 amide bonds. The first-order valence-corrected chi connectivity index (χ1v) is 6.58. The molecule has 0 saturated carbocycles. The van der Waals surface area contributed by atoms with Crippen molar-refractivity contribution in [3.05, 3.63) is 59.1 Å². The Morgan fingerprint density at radius 3 is 2.60 bits per heavy atom. The third-order valence-electron chi connectivity index (χ3n) is 2.64. The zero-order valence-electron chi connectivity index (χ0n) is 10.8. The predicted molar refractivity (Wildman–Crippen MR) is 80.3 cm³/mol. The number of amides is 1. The maximum absolute atomic E-state index is 11.7. The SMILES string of the molecule is NCCc1ccc(OC(=O)Nc2cccc(Cl)c2)cc1. The van der Waals surface area contributed by atoms with Gasteiger partial charge in [0.2, 0.25) is 0 Å². The summed E-state index contributed by atoms with van der Waals surface area (Å²) in [5.41, 5.74) is 7.16. The maximum atomic E-state index is 11.7. The van der Waals surface area contributed by atoms with E-state index in [0.717, 1.165) is 12.0 Å². The lowest BCUT2D eigenvalue weighted by atomic mass is 10.1. The highest BCUT2D eigenvalue weighted by Gasteiger charge is 2.05. The first kappa shape index (κ1) is 14.4. The Bertz CT molecular complexity index is 585. The fourth-order valence-electron chi connectivity index (χ4n) is 1.71. The molecule has 0 fully saturated rings. The van der Waals surface area contributed by atoms with Crippen LogP contribution in [0.15, 0.2) is 48.5 Å². The van der Waals surface area contributed by atoms with E-state index in [0.29, 0.717) is 23.0 Å². The third kappa shape index (κ3) is 4.26. The number of hydrogen-bond acceptors (Lipinski definition) is 3. The van der Waals surface area contributed by atoms with E-state index in [1.54, 1.807) is 36.4 Å². The summed E-state index contributed by atoms with van der Waals surface area (Å²) in [5, 5.41) is 3.16. The van der Waals surface area contributed by atoms with E-state index in [1.807, 2.05) is 12.1 Å². The normalized spacial score (nSPS) is 10.1. The number of hydrogen-bond donors (Lipinski definition) is 2. The van der Waals surface area contributed by atoms with Crippen molar-refractivity contribution in [1.29, 1.82) is 0 Å². The lowest BCUT2D eigenvalue weighted by Gasteiger charge is -2.07. The summed E-state index contributed by atoms with van der Waals surface area (Å²) in [7, 11) is 0. The Morgan fingerprint density at radius 1 is 1.20 bits per heavy atom. The molecule has 0 aromatic heterocycles. The minimum Gasteiger partial charge on any atom is -0.410 e. The summed E-state index contributed by atoms with van der Waals surface area (Å²) < 4.78 is 5.17. The molecule has 0 spiro atoms. The smallest absolute Gasteiger partial charge is 0.410 e. The van der Waals surface area contributed by atoms with Gasteiger partial charge in [-0.2, -0.15) is 0 Å². The zero-order valence-corrected chi connectivity index (χ0v) is 11.6. The second-order valence-corrected chi connectivity index (χ2v) is 4.64. The van der Waals surface area contributed by atoms with Crippen molar-refractivity contribution < 1.29 is 9.53 Å². The van der Waals surface area contributed by atoms with Gasteiger partial charge in [0.05, 0.1) is 0 Å². The van der Waals surface area contributed by atoms with Gasteiger partial charge in [0.15, 0.2) is 0 Å². The summed E-state index contributed by atoms with van der Waals surface area (Å²) >= 11 is 5.83. The van der Waals surface area contributed by atoms with Gasteiger partial charge in [-0.05, 0) is 48.9 Å². The number of rotatable bonds is 4. The second-order valence-electron chi connectivity index (χ2n) is 4.21. The molecule has 2 rings (SSSR count). The second kappa shape index (κ2) is 6.93. The molecule has 0 aliphatic heterocycles. The minimum absolute atomic E-state index is 0.477. The molecule has 0 unspecified atom stereocenters. The Labute approximate surface area is 122 Å². The monoisotopic (exact) mass is 290 g/mol. The average molecular weight is 291 g/mol. The highest BCUT2D eigenvalue weighted by atomic mass is 35.5. The van der Waals surface area contributed by atoms with Crippen molar-refractivity contribution >= 4 is 23.4 Å². The number of carbonyl (C=O) groups is 1. The van der Waals surface area contributed by atoms with E-state index in [9.17, 15) is 4.79 Å². The summed E-state index contributed by atoms with van der Waals surface area (Å²) in [5.74, 6) is 0.477. The fourth-order valence-corrected chi connectivity index (χ4v) is 1.90. The molecule has 0 radical (unpaired) electrons. The van der Waals surface area contributed by atoms with Crippen LogP contribution < -0.4 is 15.8 Å². The average Bonchev–Trinajstić information content (AvgIpc) is 2.41. The Hall–Kier alpha value is -2.04. The highest BCUT2D eigenvalue weighted by Crippen LogP contribution is 2.16. The first-order chi connectivity index (χ1) is 9.67. The van der Waals surface area contributed by atoms with E-state index in [4.69, 9.17) is 22.1 Å². The number of nitrogens with two attached hydrogens (primary N) is 1. The number of carbonyl (C=O) groups excluding carboxylic acids is 1. The van der Waals surface area contributed by atoms with Gasteiger partial charge in [-0.3, -0.25) is 5.32 Å². The van der Waals surface area contributed by atoms with Crippen LogP contribution in [0, 0.1) is 0 Å². The zero-order chi connectivity index (χ0) is 14.4. The van der Waals surface area contributed by atoms with Gasteiger partial charge in [0, 0.05) is 10.7 Å². The summed E-state index contributed by atoms with van der Waals surface area (Å²) in [6, 6.07) is 14.1. The predicted octanol–water partition coefficient (Wildman–Crippen LogP) is 3.45. The van der Waals surface area contributed by atoms with Gasteiger partial charge in [-0.15, -0.1) is 0 Å². The Balaban J connectivity index is 1.94. The van der Waals surface area contributed by atoms with Gasteiger partial charge >= 0.3 is 6.09 Å². The van der Waals surface area contributed by atoms with Crippen molar-refractivity contribution in [2.24, 2.45) is 5.73 Å². The highest BCUT2D eigenvalue weighted by molar-refractivity contribution is 6.30. The first-order valence-electron chi connectivity index (χ1n) is 6.21. The quantitative estimate of drug-likeness (QED) is 0.906. The Kier molecular flexibility index (Phi) is 4.98. The molecule has 5 heteroatoms. The molecular weight excluding hydrogens is 276 g/mol.